The molecule has 4 rings (SSSR count). The fraction of sp³-hybridized carbons (Fsp3) is 0.111. The van der Waals surface area contributed by atoms with Crippen LogP contribution in [0.1, 0.15) is 33.2 Å². The SMILES string of the molecule is CC(=O)Nc1ccc(C(=O)COC(=O)c2cc(-c3ccc(C)cc3)nc3ccccc23)c(F)c1. The monoisotopic (exact) mass is 456 g/mol. The maximum atomic E-state index is 14.4. The first kappa shape index (κ1) is 22.8. The standard InChI is InChI=1S/C27H21FN2O4/c1-16-7-9-18(10-8-16)25-14-22(20-5-3-4-6-24(20)30-25)27(33)34-15-26(32)21-12-11-19(13-23(21)28)29-17(2)31/h3-14H,15H2,1-2H3,(H,29,31). The first-order valence-corrected chi connectivity index (χ1v) is 10.6. The van der Waals surface area contributed by atoms with Crippen molar-refractivity contribution < 1.29 is 23.5 Å². The van der Waals surface area contributed by atoms with Gasteiger partial charge in [0.25, 0.3) is 0 Å². The van der Waals surface area contributed by atoms with Gasteiger partial charge in [-0.05, 0) is 37.3 Å². The highest BCUT2D eigenvalue weighted by Crippen LogP contribution is 2.26. The summed E-state index contributed by atoms with van der Waals surface area (Å²) in [4.78, 5) is 41.2. The Morgan fingerprint density at radius 2 is 1.68 bits per heavy atom. The number of hydrogen-bond donors (Lipinski definition) is 1. The van der Waals surface area contributed by atoms with Crippen molar-refractivity contribution in [3.05, 3.63) is 95.3 Å². The second kappa shape index (κ2) is 9.62. The van der Waals surface area contributed by atoms with E-state index in [4.69, 9.17) is 4.74 Å². The van der Waals surface area contributed by atoms with Gasteiger partial charge in [-0.3, -0.25) is 9.59 Å². The lowest BCUT2D eigenvalue weighted by Crippen LogP contribution is -2.16. The lowest BCUT2D eigenvalue weighted by atomic mass is 10.0. The number of nitrogens with one attached hydrogen (secondary N) is 1. The molecule has 0 spiro atoms. The average molecular weight is 456 g/mol. The van der Waals surface area contributed by atoms with Crippen LogP contribution in [0.4, 0.5) is 10.1 Å². The van der Waals surface area contributed by atoms with E-state index in [0.717, 1.165) is 17.2 Å². The molecule has 0 aliphatic carbocycles. The Morgan fingerprint density at radius 3 is 2.38 bits per heavy atom. The van der Waals surface area contributed by atoms with Gasteiger partial charge in [-0.25, -0.2) is 14.2 Å². The van der Waals surface area contributed by atoms with E-state index in [9.17, 15) is 18.8 Å². The minimum absolute atomic E-state index is 0.227. The molecule has 0 saturated heterocycles. The normalized spacial score (nSPS) is 10.7. The second-order valence-corrected chi connectivity index (χ2v) is 7.81. The minimum Gasteiger partial charge on any atom is -0.454 e. The summed E-state index contributed by atoms with van der Waals surface area (Å²) in [6.45, 7) is 2.64. The van der Waals surface area contributed by atoms with Gasteiger partial charge in [0.1, 0.15) is 5.82 Å². The van der Waals surface area contributed by atoms with Crippen molar-refractivity contribution in [1.29, 1.82) is 0 Å². The van der Waals surface area contributed by atoms with Gasteiger partial charge >= 0.3 is 5.97 Å². The average Bonchev–Trinajstić information content (AvgIpc) is 2.81. The molecule has 170 valence electrons. The summed E-state index contributed by atoms with van der Waals surface area (Å²) >= 11 is 0. The van der Waals surface area contributed by atoms with Crippen LogP contribution in [0.5, 0.6) is 0 Å². The molecule has 0 radical (unpaired) electrons. The molecule has 0 unspecified atom stereocenters. The van der Waals surface area contributed by atoms with Gasteiger partial charge in [0.2, 0.25) is 11.7 Å². The molecule has 34 heavy (non-hydrogen) atoms. The molecule has 4 aromatic rings. The van der Waals surface area contributed by atoms with E-state index in [1.54, 1.807) is 24.3 Å². The lowest BCUT2D eigenvalue weighted by Gasteiger charge is -2.11. The molecule has 6 nitrogen and oxygen atoms in total. The lowest BCUT2D eigenvalue weighted by molar-refractivity contribution is -0.114. The number of nitrogens with zero attached hydrogens (tertiary/aromatic N) is 1. The number of ketones is 1. The number of anilines is 1. The third kappa shape index (κ3) is 4.99. The Bertz CT molecular complexity index is 1410. The number of para-hydroxylation sites is 1. The molecular weight excluding hydrogens is 435 g/mol. The van der Waals surface area contributed by atoms with Crippen LogP contribution in [0.3, 0.4) is 0 Å². The quantitative estimate of drug-likeness (QED) is 0.312. The van der Waals surface area contributed by atoms with Crippen LogP contribution in [0.15, 0.2) is 72.8 Å². The molecule has 1 N–H and O–H groups in total. The molecule has 0 atom stereocenters. The molecule has 1 heterocycles. The largest absolute Gasteiger partial charge is 0.454 e. The number of rotatable bonds is 6. The maximum absolute atomic E-state index is 14.4. The highest BCUT2D eigenvalue weighted by Gasteiger charge is 2.19. The molecule has 1 amide bonds. The molecule has 0 fully saturated rings. The van der Waals surface area contributed by atoms with E-state index >= 15 is 0 Å². The van der Waals surface area contributed by atoms with E-state index in [-0.39, 0.29) is 22.7 Å². The van der Waals surface area contributed by atoms with E-state index in [1.165, 1.54) is 19.1 Å². The zero-order chi connectivity index (χ0) is 24.2. The molecule has 0 saturated carbocycles. The number of benzene rings is 3. The number of ether oxygens (including phenoxy) is 1. The number of aryl methyl sites for hydroxylation is 1. The van der Waals surface area contributed by atoms with Crippen LogP contribution in [0.2, 0.25) is 0 Å². The van der Waals surface area contributed by atoms with Crippen LogP contribution in [0, 0.1) is 12.7 Å². The molecule has 7 heteroatoms. The Hall–Kier alpha value is -4.39. The molecule has 1 aromatic heterocycles. The van der Waals surface area contributed by atoms with Crippen molar-refractivity contribution in [3.63, 3.8) is 0 Å². The van der Waals surface area contributed by atoms with Gasteiger partial charge in [0.15, 0.2) is 6.61 Å². The van der Waals surface area contributed by atoms with Crippen molar-refractivity contribution in [2.45, 2.75) is 13.8 Å². The van der Waals surface area contributed by atoms with Gasteiger partial charge < -0.3 is 10.1 Å². The summed E-state index contributed by atoms with van der Waals surface area (Å²) in [6.07, 6.45) is 0. The zero-order valence-electron chi connectivity index (χ0n) is 18.6. The van der Waals surface area contributed by atoms with Crippen LogP contribution in [-0.4, -0.2) is 29.3 Å². The molecule has 0 aliphatic heterocycles. The van der Waals surface area contributed by atoms with Crippen molar-refractivity contribution >= 4 is 34.3 Å². The summed E-state index contributed by atoms with van der Waals surface area (Å²) in [5.74, 6) is -2.58. The third-order valence-electron chi connectivity index (χ3n) is 5.21. The summed E-state index contributed by atoms with van der Waals surface area (Å²) in [5, 5.41) is 3.03. The Morgan fingerprint density at radius 1 is 0.941 bits per heavy atom. The molecule has 0 bridgehead atoms. The smallest absolute Gasteiger partial charge is 0.339 e. The number of hydrogen-bond acceptors (Lipinski definition) is 5. The molecular formula is C27H21FN2O4. The Labute approximate surface area is 195 Å². The highest BCUT2D eigenvalue weighted by molar-refractivity contribution is 6.06. The number of halogens is 1. The van der Waals surface area contributed by atoms with Crippen molar-refractivity contribution in [2.75, 3.05) is 11.9 Å². The first-order valence-electron chi connectivity index (χ1n) is 10.6. The minimum atomic E-state index is -0.816. The topological polar surface area (TPSA) is 85.4 Å². The van der Waals surface area contributed by atoms with E-state index in [0.29, 0.717) is 16.6 Å². The second-order valence-electron chi connectivity index (χ2n) is 7.81. The van der Waals surface area contributed by atoms with Gasteiger partial charge in [0.05, 0.1) is 22.3 Å². The summed E-state index contributed by atoms with van der Waals surface area (Å²) in [7, 11) is 0. The van der Waals surface area contributed by atoms with Crippen LogP contribution in [0.25, 0.3) is 22.2 Å². The molecule has 0 aliphatic rings. The van der Waals surface area contributed by atoms with Crippen LogP contribution in [-0.2, 0) is 9.53 Å². The van der Waals surface area contributed by atoms with Crippen LogP contribution >= 0.6 is 0 Å². The predicted molar refractivity (Wildman–Crippen MR) is 127 cm³/mol. The number of Topliss-reactive ketones (excluding diaryl/α,β-unsaturated/α-hetero) is 1. The third-order valence-corrected chi connectivity index (χ3v) is 5.21. The number of amides is 1. The predicted octanol–water partition coefficient (Wildman–Crippen LogP) is 5.35. The van der Waals surface area contributed by atoms with Gasteiger partial charge in [-0.2, -0.15) is 0 Å². The number of carbonyl (C=O) groups excluding carboxylic acids is 3. The van der Waals surface area contributed by atoms with Crippen molar-refractivity contribution in [2.24, 2.45) is 0 Å². The number of aromatic nitrogens is 1. The fourth-order valence-electron chi connectivity index (χ4n) is 3.53. The van der Waals surface area contributed by atoms with Crippen molar-refractivity contribution in [3.8, 4) is 11.3 Å². The summed E-state index contributed by atoms with van der Waals surface area (Å²) < 4.78 is 19.6. The fourth-order valence-corrected chi connectivity index (χ4v) is 3.53. The number of pyridine rings is 1. The Kier molecular flexibility index (Phi) is 6.45. The number of carbonyl (C=O) groups is 3. The van der Waals surface area contributed by atoms with Gasteiger partial charge in [0, 0.05) is 23.6 Å². The Balaban J connectivity index is 1.57. The highest BCUT2D eigenvalue weighted by atomic mass is 19.1. The summed E-state index contributed by atoms with van der Waals surface area (Å²) in [6, 6.07) is 20.2. The van der Waals surface area contributed by atoms with E-state index in [1.807, 2.05) is 37.3 Å². The zero-order valence-corrected chi connectivity index (χ0v) is 18.6. The van der Waals surface area contributed by atoms with Crippen LogP contribution < -0.4 is 5.32 Å². The number of esters is 1. The van der Waals surface area contributed by atoms with Gasteiger partial charge in [-0.1, -0.05) is 48.0 Å². The maximum Gasteiger partial charge on any atom is 0.339 e. The number of fused-ring (bicyclic) bond motifs is 1. The summed E-state index contributed by atoms with van der Waals surface area (Å²) in [5.41, 5.74) is 3.39. The van der Waals surface area contributed by atoms with Crippen molar-refractivity contribution in [1.82, 2.24) is 4.98 Å². The van der Waals surface area contributed by atoms with E-state index < -0.39 is 24.2 Å². The first-order chi connectivity index (χ1) is 16.3. The van der Waals surface area contributed by atoms with E-state index in [2.05, 4.69) is 10.3 Å². The molecule has 3 aromatic carbocycles. The van der Waals surface area contributed by atoms with Gasteiger partial charge in [-0.15, -0.1) is 0 Å².